The maximum absolute atomic E-state index is 13.3. The van der Waals surface area contributed by atoms with Crippen molar-refractivity contribution in [1.29, 1.82) is 0 Å². The van der Waals surface area contributed by atoms with Crippen molar-refractivity contribution in [2.45, 2.75) is 37.1 Å². The highest BCUT2D eigenvalue weighted by atomic mass is 32.2. The number of carbonyl (C=O) groups is 3. The lowest BCUT2D eigenvalue weighted by atomic mass is 10.1. The number of carbonyl (C=O) groups excluding carboxylic acids is 2. The normalized spacial score (nSPS) is 13.9. The van der Waals surface area contributed by atoms with E-state index in [-0.39, 0.29) is 29.2 Å². The number of rotatable bonds is 7. The number of aryl methyl sites for hydroxylation is 1. The van der Waals surface area contributed by atoms with Crippen LogP contribution in [0.5, 0.6) is 0 Å². The topological polar surface area (TPSA) is 159 Å². The summed E-state index contributed by atoms with van der Waals surface area (Å²) in [7, 11) is -3.82. The zero-order valence-corrected chi connectivity index (χ0v) is 21.9. The molecule has 11 heteroatoms. The van der Waals surface area contributed by atoms with Gasteiger partial charge < -0.3 is 21.1 Å². The molecule has 0 saturated carbocycles. The fourth-order valence-corrected chi connectivity index (χ4v) is 5.96. The van der Waals surface area contributed by atoms with Gasteiger partial charge >= 0.3 is 0 Å². The van der Waals surface area contributed by atoms with Gasteiger partial charge in [0.2, 0.25) is 15.9 Å². The molecule has 5 N–H and O–H groups in total. The smallest absolute Gasteiger partial charge is 0.290 e. The molecular weight excluding hydrogens is 508 g/mol. The number of hydrogen-bond donors (Lipinski definition) is 4. The molecule has 1 aliphatic rings. The highest BCUT2D eigenvalue weighted by Crippen LogP contribution is 2.30. The average Bonchev–Trinajstić information content (AvgIpc) is 2.90. The SMILES string of the molecule is Cc1ccccc1C(=O)Nc1ccc(S(=O)(=O)NC2CCN(C(=O)CCN)CC2)c2ccccc12.O=CO. The molecule has 3 aromatic carbocycles. The number of amides is 2. The Morgan fingerprint density at radius 2 is 1.63 bits per heavy atom. The van der Waals surface area contributed by atoms with Gasteiger partial charge in [-0.25, -0.2) is 13.1 Å². The van der Waals surface area contributed by atoms with E-state index in [0.29, 0.717) is 60.9 Å². The fraction of sp³-hybridized carbons (Fsp3) is 0.296. The Balaban J connectivity index is 0.00000127. The number of anilines is 1. The van der Waals surface area contributed by atoms with Crippen LogP contribution in [0, 0.1) is 6.92 Å². The standard InChI is InChI=1S/C26H30N4O4S.CH2O2/c1-18-6-2-3-7-20(18)26(32)28-23-10-11-24(22-9-5-4-8-21(22)23)35(33,34)29-19-13-16-30(17-14-19)25(31)12-15-27;2-1-3/h2-11,19,29H,12-17,27H2,1H3,(H,28,32);1H,(H,2,3). The molecule has 0 atom stereocenters. The molecular formula is C27H32N4O6S. The Kier molecular flexibility index (Phi) is 9.94. The third kappa shape index (κ3) is 6.94. The van der Waals surface area contributed by atoms with Crippen LogP contribution in [0.1, 0.15) is 35.2 Å². The van der Waals surface area contributed by atoms with Gasteiger partial charge in [-0.3, -0.25) is 14.4 Å². The van der Waals surface area contributed by atoms with Crippen LogP contribution in [0.2, 0.25) is 0 Å². The largest absolute Gasteiger partial charge is 0.483 e. The number of nitrogens with two attached hydrogens (primary N) is 1. The van der Waals surface area contributed by atoms with Gasteiger partial charge in [0, 0.05) is 54.1 Å². The summed E-state index contributed by atoms with van der Waals surface area (Å²) in [6, 6.07) is 17.3. The van der Waals surface area contributed by atoms with Crippen molar-refractivity contribution in [3.05, 3.63) is 71.8 Å². The zero-order valence-electron chi connectivity index (χ0n) is 21.1. The molecule has 4 rings (SSSR count). The first-order valence-electron chi connectivity index (χ1n) is 12.2. The van der Waals surface area contributed by atoms with Crippen molar-refractivity contribution in [3.63, 3.8) is 0 Å². The number of piperidine rings is 1. The Bertz CT molecular complexity index is 1400. The Labute approximate surface area is 221 Å². The van der Waals surface area contributed by atoms with Crippen LogP contribution in [-0.2, 0) is 19.6 Å². The van der Waals surface area contributed by atoms with E-state index in [1.165, 1.54) is 6.07 Å². The summed E-state index contributed by atoms with van der Waals surface area (Å²) in [5, 5.41) is 11.0. The maximum Gasteiger partial charge on any atom is 0.290 e. The molecule has 1 saturated heterocycles. The predicted octanol–water partition coefficient (Wildman–Crippen LogP) is 2.72. The van der Waals surface area contributed by atoms with Crippen LogP contribution >= 0.6 is 0 Å². The van der Waals surface area contributed by atoms with Crippen LogP contribution in [0.15, 0.2) is 65.6 Å². The number of fused-ring (bicyclic) bond motifs is 1. The molecule has 0 spiro atoms. The molecule has 1 heterocycles. The van der Waals surface area contributed by atoms with Crippen molar-refractivity contribution >= 4 is 44.8 Å². The third-order valence-corrected chi connectivity index (χ3v) is 7.92. The van der Waals surface area contributed by atoms with Gasteiger partial charge in [0.25, 0.3) is 12.4 Å². The molecule has 1 aliphatic heterocycles. The Morgan fingerprint density at radius 3 is 2.26 bits per heavy atom. The molecule has 3 aromatic rings. The second-order valence-corrected chi connectivity index (χ2v) is 10.5. The van der Waals surface area contributed by atoms with Crippen LogP contribution in [0.4, 0.5) is 5.69 Å². The number of sulfonamides is 1. The molecule has 0 aliphatic carbocycles. The molecule has 10 nitrogen and oxygen atoms in total. The molecule has 2 amide bonds. The summed E-state index contributed by atoms with van der Waals surface area (Å²) in [4.78, 5) is 35.2. The first-order valence-corrected chi connectivity index (χ1v) is 13.7. The van der Waals surface area contributed by atoms with E-state index in [2.05, 4.69) is 10.0 Å². The molecule has 38 heavy (non-hydrogen) atoms. The zero-order chi connectivity index (χ0) is 27.7. The van der Waals surface area contributed by atoms with Gasteiger partial charge in [-0.2, -0.15) is 0 Å². The molecule has 1 fully saturated rings. The maximum atomic E-state index is 13.3. The minimum atomic E-state index is -3.82. The van der Waals surface area contributed by atoms with Crippen molar-refractivity contribution in [2.75, 3.05) is 25.0 Å². The first kappa shape index (κ1) is 28.8. The molecule has 0 bridgehead atoms. The summed E-state index contributed by atoms with van der Waals surface area (Å²) in [5.41, 5.74) is 7.43. The van der Waals surface area contributed by atoms with E-state index < -0.39 is 10.0 Å². The van der Waals surface area contributed by atoms with Crippen LogP contribution in [-0.4, -0.2) is 62.4 Å². The van der Waals surface area contributed by atoms with Crippen molar-refractivity contribution in [1.82, 2.24) is 9.62 Å². The Hall–Kier alpha value is -3.80. The lowest BCUT2D eigenvalue weighted by Gasteiger charge is -2.32. The third-order valence-electron chi connectivity index (χ3n) is 6.34. The van der Waals surface area contributed by atoms with Gasteiger partial charge in [-0.1, -0.05) is 42.5 Å². The van der Waals surface area contributed by atoms with Gasteiger partial charge in [0.15, 0.2) is 0 Å². The quantitative estimate of drug-likeness (QED) is 0.335. The average molecular weight is 541 g/mol. The second kappa shape index (κ2) is 13.1. The number of nitrogens with zero attached hydrogens (tertiary/aromatic N) is 1. The van der Waals surface area contributed by atoms with E-state index in [1.54, 1.807) is 41.3 Å². The summed E-state index contributed by atoms with van der Waals surface area (Å²) in [5.74, 6) is -0.249. The van der Waals surface area contributed by atoms with Gasteiger partial charge in [-0.15, -0.1) is 0 Å². The van der Waals surface area contributed by atoms with Crippen molar-refractivity contribution < 1.29 is 27.9 Å². The number of carboxylic acid groups (broad SMARTS) is 1. The number of benzene rings is 3. The lowest BCUT2D eigenvalue weighted by Crippen LogP contribution is -2.46. The molecule has 0 radical (unpaired) electrons. The highest BCUT2D eigenvalue weighted by molar-refractivity contribution is 7.89. The van der Waals surface area contributed by atoms with E-state index in [0.717, 1.165) is 5.56 Å². The molecule has 202 valence electrons. The number of nitrogens with one attached hydrogen (secondary N) is 2. The molecule has 0 unspecified atom stereocenters. The predicted molar refractivity (Wildman–Crippen MR) is 145 cm³/mol. The highest BCUT2D eigenvalue weighted by Gasteiger charge is 2.27. The second-order valence-electron chi connectivity index (χ2n) is 8.85. The van der Waals surface area contributed by atoms with Gasteiger partial charge in [-0.05, 0) is 43.5 Å². The Morgan fingerprint density at radius 1 is 1.03 bits per heavy atom. The monoisotopic (exact) mass is 540 g/mol. The van der Waals surface area contributed by atoms with Gasteiger partial charge in [0.1, 0.15) is 0 Å². The minimum Gasteiger partial charge on any atom is -0.483 e. The van der Waals surface area contributed by atoms with Crippen LogP contribution < -0.4 is 15.8 Å². The van der Waals surface area contributed by atoms with Crippen molar-refractivity contribution in [3.8, 4) is 0 Å². The fourth-order valence-electron chi connectivity index (χ4n) is 4.44. The van der Waals surface area contributed by atoms with E-state index in [4.69, 9.17) is 15.6 Å². The van der Waals surface area contributed by atoms with Gasteiger partial charge in [0.05, 0.1) is 4.90 Å². The number of hydrogen-bond acceptors (Lipinski definition) is 6. The first-order chi connectivity index (χ1) is 18.2. The van der Waals surface area contributed by atoms with Crippen LogP contribution in [0.3, 0.4) is 0 Å². The summed E-state index contributed by atoms with van der Waals surface area (Å²) >= 11 is 0. The molecule has 0 aromatic heterocycles. The summed E-state index contributed by atoms with van der Waals surface area (Å²) in [6.07, 6.45) is 1.38. The van der Waals surface area contributed by atoms with E-state index in [1.807, 2.05) is 25.1 Å². The summed E-state index contributed by atoms with van der Waals surface area (Å²) < 4.78 is 29.5. The lowest BCUT2D eigenvalue weighted by molar-refractivity contribution is -0.132. The van der Waals surface area contributed by atoms with E-state index >= 15 is 0 Å². The van der Waals surface area contributed by atoms with Crippen molar-refractivity contribution in [2.24, 2.45) is 5.73 Å². The summed E-state index contributed by atoms with van der Waals surface area (Å²) in [6.45, 7) is 2.92. The minimum absolute atomic E-state index is 0.00290. The van der Waals surface area contributed by atoms with E-state index in [9.17, 15) is 18.0 Å². The van der Waals surface area contributed by atoms with Crippen LogP contribution in [0.25, 0.3) is 10.8 Å². The number of likely N-dealkylation sites (tertiary alicyclic amines) is 1.